The first-order valence-electron chi connectivity index (χ1n) is 5.52. The molecular weight excluding hydrogens is 202 g/mol. The molecule has 1 aromatic heterocycles. The number of hydrogen-bond acceptors (Lipinski definition) is 5. The van der Waals surface area contributed by atoms with Crippen LogP contribution in [0.5, 0.6) is 0 Å². The van der Waals surface area contributed by atoms with E-state index in [2.05, 4.69) is 25.2 Å². The van der Waals surface area contributed by atoms with Gasteiger partial charge in [0.1, 0.15) is 5.82 Å². The topological polar surface area (TPSA) is 53.4 Å². The fourth-order valence-corrected chi connectivity index (χ4v) is 1.56. The summed E-state index contributed by atoms with van der Waals surface area (Å²) in [7, 11) is 2.04. The Hall–Kier alpha value is -1.65. The van der Waals surface area contributed by atoms with Crippen LogP contribution in [0.15, 0.2) is 17.4 Å². The van der Waals surface area contributed by atoms with E-state index in [9.17, 15) is 0 Å². The maximum absolute atomic E-state index is 4.35. The van der Waals surface area contributed by atoms with Gasteiger partial charge in [0.25, 0.3) is 0 Å². The van der Waals surface area contributed by atoms with Gasteiger partial charge >= 0.3 is 0 Å². The minimum atomic E-state index is 0.826. The molecule has 0 fully saturated rings. The lowest BCUT2D eigenvalue weighted by molar-refractivity contribution is 0.533. The molecule has 2 heterocycles. The van der Waals surface area contributed by atoms with E-state index in [0.717, 1.165) is 43.4 Å². The summed E-state index contributed by atoms with van der Waals surface area (Å²) in [5, 5.41) is 3.29. The highest BCUT2D eigenvalue weighted by atomic mass is 15.3. The lowest BCUT2D eigenvalue weighted by Gasteiger charge is -2.14. The minimum Gasteiger partial charge on any atom is -0.356 e. The average molecular weight is 219 g/mol. The number of nitrogens with one attached hydrogen (secondary N) is 1. The molecule has 0 atom stereocenters. The molecule has 0 saturated heterocycles. The van der Waals surface area contributed by atoms with E-state index < -0.39 is 0 Å². The van der Waals surface area contributed by atoms with Crippen molar-refractivity contribution in [3.8, 4) is 0 Å². The van der Waals surface area contributed by atoms with Gasteiger partial charge < -0.3 is 10.2 Å². The molecule has 0 spiro atoms. The summed E-state index contributed by atoms with van der Waals surface area (Å²) in [6, 6.07) is 0. The molecular formula is C11H17N5. The van der Waals surface area contributed by atoms with Crippen LogP contribution < -0.4 is 5.32 Å². The molecule has 0 amide bonds. The Morgan fingerprint density at radius 3 is 2.75 bits per heavy atom. The van der Waals surface area contributed by atoms with E-state index in [1.807, 2.05) is 26.4 Å². The monoisotopic (exact) mass is 219 g/mol. The van der Waals surface area contributed by atoms with Crippen LogP contribution in [0.1, 0.15) is 11.4 Å². The van der Waals surface area contributed by atoms with Gasteiger partial charge in [0.15, 0.2) is 5.96 Å². The van der Waals surface area contributed by atoms with Crippen LogP contribution >= 0.6 is 0 Å². The van der Waals surface area contributed by atoms with Crippen LogP contribution in [0, 0.1) is 6.92 Å². The SMILES string of the molecule is Cc1cnc(CCNC2=NCCN2C)nc1. The molecule has 1 N–H and O–H groups in total. The number of hydrogen-bond donors (Lipinski definition) is 1. The van der Waals surface area contributed by atoms with Gasteiger partial charge in [-0.25, -0.2) is 9.97 Å². The van der Waals surface area contributed by atoms with Gasteiger partial charge in [0.05, 0.1) is 6.54 Å². The normalized spacial score (nSPS) is 15.1. The molecule has 0 bridgehead atoms. The van der Waals surface area contributed by atoms with Crippen LogP contribution in [0.2, 0.25) is 0 Å². The second-order valence-corrected chi connectivity index (χ2v) is 3.98. The van der Waals surface area contributed by atoms with Crippen LogP contribution in [-0.4, -0.2) is 47.5 Å². The number of guanidine groups is 1. The number of aromatic nitrogens is 2. The Bertz CT molecular complexity index is 370. The number of likely N-dealkylation sites (N-methyl/N-ethyl adjacent to an activating group) is 1. The molecule has 5 nitrogen and oxygen atoms in total. The molecule has 1 aliphatic rings. The van der Waals surface area contributed by atoms with Gasteiger partial charge in [-0.05, 0) is 12.5 Å². The van der Waals surface area contributed by atoms with Gasteiger partial charge in [-0.15, -0.1) is 0 Å². The Balaban J connectivity index is 1.78. The van der Waals surface area contributed by atoms with Crippen molar-refractivity contribution in [1.29, 1.82) is 0 Å². The summed E-state index contributed by atoms with van der Waals surface area (Å²) in [4.78, 5) is 15.0. The van der Waals surface area contributed by atoms with Crippen molar-refractivity contribution in [3.63, 3.8) is 0 Å². The predicted molar refractivity (Wildman–Crippen MR) is 63.4 cm³/mol. The van der Waals surface area contributed by atoms with Crippen LogP contribution in [0.25, 0.3) is 0 Å². The van der Waals surface area contributed by atoms with E-state index >= 15 is 0 Å². The summed E-state index contributed by atoms with van der Waals surface area (Å²) < 4.78 is 0. The number of nitrogens with zero attached hydrogens (tertiary/aromatic N) is 4. The average Bonchev–Trinajstić information content (AvgIpc) is 2.68. The van der Waals surface area contributed by atoms with Crippen molar-refractivity contribution in [3.05, 3.63) is 23.8 Å². The molecule has 5 heteroatoms. The molecule has 1 aromatic rings. The molecule has 2 rings (SSSR count). The summed E-state index contributed by atoms with van der Waals surface area (Å²) in [6.07, 6.45) is 4.52. The van der Waals surface area contributed by atoms with Gasteiger partial charge in [-0.2, -0.15) is 0 Å². The third kappa shape index (κ3) is 2.68. The van der Waals surface area contributed by atoms with E-state index in [0.29, 0.717) is 0 Å². The Kier molecular flexibility index (Phi) is 3.34. The van der Waals surface area contributed by atoms with Crippen molar-refractivity contribution < 1.29 is 0 Å². The summed E-state index contributed by atoms with van der Waals surface area (Å²) in [6.45, 7) is 4.71. The second-order valence-electron chi connectivity index (χ2n) is 3.98. The second kappa shape index (κ2) is 4.92. The van der Waals surface area contributed by atoms with Crippen LogP contribution in [-0.2, 0) is 6.42 Å². The van der Waals surface area contributed by atoms with Crippen molar-refractivity contribution in [2.24, 2.45) is 4.99 Å². The van der Waals surface area contributed by atoms with Crippen molar-refractivity contribution in [2.45, 2.75) is 13.3 Å². The first-order valence-corrected chi connectivity index (χ1v) is 5.52. The highest BCUT2D eigenvalue weighted by molar-refractivity contribution is 5.81. The maximum Gasteiger partial charge on any atom is 0.193 e. The number of rotatable bonds is 3. The number of aliphatic imine (C=N–C) groups is 1. The fraction of sp³-hybridized carbons (Fsp3) is 0.545. The zero-order chi connectivity index (χ0) is 11.4. The van der Waals surface area contributed by atoms with E-state index in [1.54, 1.807) is 0 Å². The first kappa shape index (κ1) is 10.9. The van der Waals surface area contributed by atoms with Gasteiger partial charge in [-0.3, -0.25) is 4.99 Å². The lowest BCUT2D eigenvalue weighted by atomic mass is 10.3. The fourth-order valence-electron chi connectivity index (χ4n) is 1.56. The van der Waals surface area contributed by atoms with Crippen LogP contribution in [0.3, 0.4) is 0 Å². The van der Waals surface area contributed by atoms with Gasteiger partial charge in [0.2, 0.25) is 0 Å². The summed E-state index contributed by atoms with van der Waals surface area (Å²) in [5.74, 6) is 1.85. The first-order chi connectivity index (χ1) is 7.75. The lowest BCUT2D eigenvalue weighted by Crippen LogP contribution is -2.36. The quantitative estimate of drug-likeness (QED) is 0.790. The van der Waals surface area contributed by atoms with Crippen molar-refractivity contribution in [2.75, 3.05) is 26.7 Å². The minimum absolute atomic E-state index is 0.826. The molecule has 0 saturated carbocycles. The molecule has 1 aliphatic heterocycles. The summed E-state index contributed by atoms with van der Waals surface area (Å²) >= 11 is 0. The Labute approximate surface area is 95.6 Å². The largest absolute Gasteiger partial charge is 0.356 e. The summed E-state index contributed by atoms with van der Waals surface area (Å²) in [5.41, 5.74) is 1.09. The molecule has 16 heavy (non-hydrogen) atoms. The van der Waals surface area contributed by atoms with E-state index in [4.69, 9.17) is 0 Å². The van der Waals surface area contributed by atoms with E-state index in [1.165, 1.54) is 0 Å². The molecule has 0 aromatic carbocycles. The predicted octanol–water partition coefficient (Wildman–Crippen LogP) is 0.219. The zero-order valence-corrected chi connectivity index (χ0v) is 9.77. The molecule has 86 valence electrons. The van der Waals surface area contributed by atoms with Gasteiger partial charge in [-0.1, -0.05) is 0 Å². The Morgan fingerprint density at radius 2 is 2.12 bits per heavy atom. The maximum atomic E-state index is 4.35. The van der Waals surface area contributed by atoms with Crippen LogP contribution in [0.4, 0.5) is 0 Å². The molecule has 0 radical (unpaired) electrons. The van der Waals surface area contributed by atoms with E-state index in [-0.39, 0.29) is 0 Å². The highest BCUT2D eigenvalue weighted by Crippen LogP contribution is 1.96. The third-order valence-electron chi connectivity index (χ3n) is 2.52. The standard InChI is InChI=1S/C11H17N5/c1-9-7-14-10(15-8-9)3-4-12-11-13-5-6-16(11)2/h7-8H,3-6H2,1-2H3,(H,12,13). The van der Waals surface area contributed by atoms with Gasteiger partial charge in [0, 0.05) is 39.0 Å². The van der Waals surface area contributed by atoms with Crippen molar-refractivity contribution >= 4 is 5.96 Å². The Morgan fingerprint density at radius 1 is 1.38 bits per heavy atom. The highest BCUT2D eigenvalue weighted by Gasteiger charge is 2.10. The van der Waals surface area contributed by atoms with Crippen molar-refractivity contribution in [1.82, 2.24) is 20.2 Å². The molecule has 0 unspecified atom stereocenters. The zero-order valence-electron chi connectivity index (χ0n) is 9.77. The number of aryl methyl sites for hydroxylation is 1. The molecule has 0 aliphatic carbocycles. The third-order valence-corrected chi connectivity index (χ3v) is 2.52. The smallest absolute Gasteiger partial charge is 0.193 e.